The van der Waals surface area contributed by atoms with Crippen LogP contribution < -0.4 is 0 Å². The molecular weight excluding hydrogens is 197 g/mol. The third-order valence-electron chi connectivity index (χ3n) is 1.93. The van der Waals surface area contributed by atoms with Gasteiger partial charge in [-0.3, -0.25) is 0 Å². The molecule has 3 nitrogen and oxygen atoms in total. The summed E-state index contributed by atoms with van der Waals surface area (Å²) in [6.45, 7) is 4.85. The van der Waals surface area contributed by atoms with Crippen molar-refractivity contribution in [2.45, 2.75) is 26.4 Å². The van der Waals surface area contributed by atoms with Gasteiger partial charge in [-0.15, -0.1) is 0 Å². The molecule has 0 aliphatic carbocycles. The maximum absolute atomic E-state index is 13.6. The van der Waals surface area contributed by atoms with Gasteiger partial charge >= 0.3 is 5.97 Å². The van der Waals surface area contributed by atoms with Gasteiger partial charge in [0.05, 0.1) is 6.61 Å². The normalized spacial score (nSPS) is 11.2. The first-order valence-corrected chi connectivity index (χ1v) is 4.77. The zero-order chi connectivity index (χ0) is 11.5. The summed E-state index contributed by atoms with van der Waals surface area (Å²) in [6.07, 6.45) is 1.41. The van der Waals surface area contributed by atoms with Gasteiger partial charge in [0.25, 0.3) is 0 Å². The molecule has 0 fully saturated rings. The van der Waals surface area contributed by atoms with Crippen LogP contribution in [-0.4, -0.2) is 17.6 Å². The van der Waals surface area contributed by atoms with Crippen molar-refractivity contribution in [1.82, 2.24) is 4.98 Å². The molecule has 1 rings (SSSR count). The van der Waals surface area contributed by atoms with E-state index in [0.29, 0.717) is 5.56 Å². The first-order valence-electron chi connectivity index (χ1n) is 4.77. The number of aromatic nitrogens is 1. The lowest BCUT2D eigenvalue weighted by molar-refractivity contribution is 0.0519. The predicted molar refractivity (Wildman–Crippen MR) is 54.3 cm³/mol. The van der Waals surface area contributed by atoms with Gasteiger partial charge in [-0.25, -0.2) is 14.2 Å². The molecule has 1 aromatic rings. The van der Waals surface area contributed by atoms with Crippen LogP contribution in [-0.2, 0) is 10.4 Å². The Morgan fingerprint density at radius 1 is 1.60 bits per heavy atom. The molecule has 0 radical (unpaired) electrons. The highest BCUT2D eigenvalue weighted by molar-refractivity contribution is 5.87. The minimum absolute atomic E-state index is 0.139. The Balaban J connectivity index is 2.98. The quantitative estimate of drug-likeness (QED) is 0.721. The van der Waals surface area contributed by atoms with Gasteiger partial charge < -0.3 is 4.74 Å². The molecule has 0 saturated heterocycles. The van der Waals surface area contributed by atoms with Crippen LogP contribution in [0.1, 0.15) is 36.8 Å². The summed E-state index contributed by atoms with van der Waals surface area (Å²) in [5.41, 5.74) is -0.926. The van der Waals surface area contributed by atoms with Crippen LogP contribution in [0, 0.1) is 0 Å². The largest absolute Gasteiger partial charge is 0.461 e. The number of esters is 1. The fourth-order valence-electron chi connectivity index (χ4n) is 1.12. The Labute approximate surface area is 88.3 Å². The number of halogens is 1. The van der Waals surface area contributed by atoms with Crippen LogP contribution in [0.4, 0.5) is 4.39 Å². The topological polar surface area (TPSA) is 39.2 Å². The van der Waals surface area contributed by atoms with E-state index in [1.54, 1.807) is 13.0 Å². The molecule has 0 saturated carbocycles. The van der Waals surface area contributed by atoms with E-state index >= 15 is 0 Å². The first-order chi connectivity index (χ1) is 6.95. The Morgan fingerprint density at radius 2 is 2.27 bits per heavy atom. The number of carbonyl (C=O) groups excluding carboxylic acids is 1. The molecule has 0 atom stereocenters. The Kier molecular flexibility index (Phi) is 3.39. The van der Waals surface area contributed by atoms with Crippen molar-refractivity contribution in [2.24, 2.45) is 0 Å². The van der Waals surface area contributed by atoms with Crippen LogP contribution >= 0.6 is 0 Å². The molecule has 0 aliphatic rings. The first kappa shape index (κ1) is 11.6. The molecule has 0 aliphatic heterocycles. The van der Waals surface area contributed by atoms with Gasteiger partial charge in [0.15, 0.2) is 0 Å². The number of ether oxygens (including phenoxy) is 1. The third kappa shape index (κ3) is 3.01. The molecule has 82 valence electrons. The molecule has 0 N–H and O–H groups in total. The lowest BCUT2D eigenvalue weighted by Gasteiger charge is -2.14. The van der Waals surface area contributed by atoms with Crippen molar-refractivity contribution in [2.75, 3.05) is 6.61 Å². The van der Waals surface area contributed by atoms with E-state index in [1.807, 2.05) is 0 Å². The Hall–Kier alpha value is -1.45. The van der Waals surface area contributed by atoms with Crippen molar-refractivity contribution in [1.29, 1.82) is 0 Å². The third-order valence-corrected chi connectivity index (χ3v) is 1.93. The molecule has 15 heavy (non-hydrogen) atoms. The highest BCUT2D eigenvalue weighted by Gasteiger charge is 2.20. The molecular formula is C11H14FNO2. The molecule has 0 aromatic carbocycles. The summed E-state index contributed by atoms with van der Waals surface area (Å²) in [6, 6.07) is 2.96. The minimum Gasteiger partial charge on any atom is -0.461 e. The summed E-state index contributed by atoms with van der Waals surface area (Å²) < 4.78 is 18.3. The number of rotatable bonds is 3. The maximum Gasteiger partial charge on any atom is 0.356 e. The Morgan fingerprint density at radius 3 is 2.80 bits per heavy atom. The van der Waals surface area contributed by atoms with Crippen molar-refractivity contribution in [3.8, 4) is 0 Å². The van der Waals surface area contributed by atoms with Gasteiger partial charge in [0.1, 0.15) is 11.4 Å². The van der Waals surface area contributed by atoms with E-state index in [9.17, 15) is 9.18 Å². The van der Waals surface area contributed by atoms with E-state index in [-0.39, 0.29) is 12.3 Å². The van der Waals surface area contributed by atoms with Gasteiger partial charge in [-0.2, -0.15) is 0 Å². The van der Waals surface area contributed by atoms with Gasteiger partial charge in [0, 0.05) is 6.20 Å². The second-order valence-corrected chi connectivity index (χ2v) is 3.62. The molecule has 0 unspecified atom stereocenters. The van der Waals surface area contributed by atoms with Crippen LogP contribution in [0.2, 0.25) is 0 Å². The molecule has 0 bridgehead atoms. The summed E-state index contributed by atoms with van der Waals surface area (Å²) in [5, 5.41) is 0. The standard InChI is InChI=1S/C11H14FNO2/c1-4-15-10(14)9-7-8(5-6-13-9)11(2,3)12/h5-7H,4H2,1-3H3. The summed E-state index contributed by atoms with van der Waals surface area (Å²) in [7, 11) is 0. The second kappa shape index (κ2) is 4.38. The van der Waals surface area contributed by atoms with E-state index in [4.69, 9.17) is 4.74 Å². The van der Waals surface area contributed by atoms with Crippen molar-refractivity contribution < 1.29 is 13.9 Å². The predicted octanol–water partition coefficient (Wildman–Crippen LogP) is 2.46. The highest BCUT2D eigenvalue weighted by atomic mass is 19.1. The number of alkyl halides is 1. The molecule has 1 aromatic heterocycles. The van der Waals surface area contributed by atoms with Gasteiger partial charge in [-0.1, -0.05) is 0 Å². The van der Waals surface area contributed by atoms with Gasteiger partial charge in [-0.05, 0) is 38.5 Å². The zero-order valence-corrected chi connectivity index (χ0v) is 9.08. The molecule has 4 heteroatoms. The Bertz CT molecular complexity index is 358. The fraction of sp³-hybridized carbons (Fsp3) is 0.455. The maximum atomic E-state index is 13.6. The van der Waals surface area contributed by atoms with Crippen molar-refractivity contribution >= 4 is 5.97 Å². The smallest absolute Gasteiger partial charge is 0.356 e. The average molecular weight is 211 g/mol. The van der Waals surface area contributed by atoms with Crippen LogP contribution in [0.5, 0.6) is 0 Å². The molecule has 1 heterocycles. The zero-order valence-electron chi connectivity index (χ0n) is 9.08. The number of carbonyl (C=O) groups is 1. The van der Waals surface area contributed by atoms with Crippen molar-refractivity contribution in [3.63, 3.8) is 0 Å². The fourth-order valence-corrected chi connectivity index (χ4v) is 1.12. The number of hydrogen-bond donors (Lipinski definition) is 0. The van der Waals surface area contributed by atoms with E-state index < -0.39 is 11.6 Å². The molecule has 0 spiro atoms. The van der Waals surface area contributed by atoms with E-state index in [1.165, 1.54) is 26.1 Å². The summed E-state index contributed by atoms with van der Waals surface area (Å²) >= 11 is 0. The van der Waals surface area contributed by atoms with E-state index in [2.05, 4.69) is 4.98 Å². The minimum atomic E-state index is -1.48. The van der Waals surface area contributed by atoms with Crippen molar-refractivity contribution in [3.05, 3.63) is 29.6 Å². The average Bonchev–Trinajstić information content (AvgIpc) is 2.17. The van der Waals surface area contributed by atoms with E-state index in [0.717, 1.165) is 0 Å². The highest BCUT2D eigenvalue weighted by Crippen LogP contribution is 2.24. The summed E-state index contributed by atoms with van der Waals surface area (Å²) in [5.74, 6) is -0.524. The number of nitrogens with zero attached hydrogens (tertiary/aromatic N) is 1. The monoisotopic (exact) mass is 211 g/mol. The number of hydrogen-bond acceptors (Lipinski definition) is 3. The number of pyridine rings is 1. The summed E-state index contributed by atoms with van der Waals surface area (Å²) in [4.78, 5) is 15.1. The SMILES string of the molecule is CCOC(=O)c1cc(C(C)(C)F)ccn1. The lowest BCUT2D eigenvalue weighted by Crippen LogP contribution is -2.13. The van der Waals surface area contributed by atoms with Crippen LogP contribution in [0.25, 0.3) is 0 Å². The van der Waals surface area contributed by atoms with Crippen LogP contribution in [0.3, 0.4) is 0 Å². The second-order valence-electron chi connectivity index (χ2n) is 3.62. The molecule has 0 amide bonds. The van der Waals surface area contributed by atoms with Gasteiger partial charge in [0.2, 0.25) is 0 Å². The van der Waals surface area contributed by atoms with Crippen LogP contribution in [0.15, 0.2) is 18.3 Å². The lowest BCUT2D eigenvalue weighted by atomic mass is 10.0.